The standard InChI is InChI=1S/C32H43N7O3S/c1-5-6-16-27(29(40)34-18-17-23-19-35-25-15-11-10-14-24(23)25)43-31-38-37-28(39(31)4)26(36-30(41)32(2,3)33)21-42-20-22-12-8-7-9-13-22/h7-15,19,26-27,35H,5-6,16-18,20-21,33H2,1-4H3,(H,34,40)(H,36,41)/t26-,27?/m1/s1. The van der Waals surface area contributed by atoms with E-state index < -0.39 is 11.6 Å². The molecule has 4 aromatic rings. The van der Waals surface area contributed by atoms with Crippen LogP contribution in [0.2, 0.25) is 0 Å². The van der Waals surface area contributed by atoms with Crippen molar-refractivity contribution < 1.29 is 14.3 Å². The molecule has 2 atom stereocenters. The first-order valence-electron chi connectivity index (χ1n) is 14.8. The van der Waals surface area contributed by atoms with Gasteiger partial charge in [0.25, 0.3) is 0 Å². The number of thioether (sulfide) groups is 1. The Labute approximate surface area is 257 Å². The fraction of sp³-hybridized carbons (Fsp3) is 0.438. The molecule has 43 heavy (non-hydrogen) atoms. The number of ether oxygens (including phenoxy) is 1. The van der Waals surface area contributed by atoms with Gasteiger partial charge in [0.1, 0.15) is 6.04 Å². The Morgan fingerprint density at radius 1 is 1.12 bits per heavy atom. The molecule has 2 aromatic heterocycles. The molecule has 10 nitrogen and oxygen atoms in total. The molecule has 0 saturated heterocycles. The van der Waals surface area contributed by atoms with Gasteiger partial charge in [0.15, 0.2) is 11.0 Å². The van der Waals surface area contributed by atoms with Crippen molar-refractivity contribution in [3.63, 3.8) is 0 Å². The van der Waals surface area contributed by atoms with E-state index in [0.29, 0.717) is 30.6 Å². The van der Waals surface area contributed by atoms with Crippen LogP contribution in [-0.4, -0.2) is 55.5 Å². The lowest BCUT2D eigenvalue weighted by Crippen LogP contribution is -2.51. The number of benzene rings is 2. The third kappa shape index (κ3) is 8.92. The van der Waals surface area contributed by atoms with E-state index in [-0.39, 0.29) is 23.7 Å². The minimum atomic E-state index is -1.08. The highest BCUT2D eigenvalue weighted by atomic mass is 32.2. The van der Waals surface area contributed by atoms with E-state index in [1.165, 1.54) is 22.7 Å². The number of hydrogen-bond donors (Lipinski definition) is 4. The van der Waals surface area contributed by atoms with Gasteiger partial charge in [0, 0.05) is 30.7 Å². The molecule has 230 valence electrons. The number of rotatable bonds is 16. The molecule has 0 aliphatic rings. The van der Waals surface area contributed by atoms with Gasteiger partial charge in [-0.05, 0) is 43.9 Å². The Kier molecular flexibility index (Phi) is 11.4. The van der Waals surface area contributed by atoms with Crippen molar-refractivity contribution in [1.82, 2.24) is 30.4 Å². The number of para-hydroxylation sites is 1. The molecule has 0 radical (unpaired) electrons. The highest BCUT2D eigenvalue weighted by molar-refractivity contribution is 8.00. The van der Waals surface area contributed by atoms with Crippen molar-refractivity contribution in [2.24, 2.45) is 12.8 Å². The maximum atomic E-state index is 13.3. The zero-order valence-corrected chi connectivity index (χ0v) is 26.2. The monoisotopic (exact) mass is 605 g/mol. The summed E-state index contributed by atoms with van der Waals surface area (Å²) >= 11 is 1.39. The van der Waals surface area contributed by atoms with Crippen molar-refractivity contribution in [2.75, 3.05) is 13.2 Å². The van der Waals surface area contributed by atoms with Gasteiger partial charge in [-0.15, -0.1) is 10.2 Å². The fourth-order valence-electron chi connectivity index (χ4n) is 4.66. The van der Waals surface area contributed by atoms with Crippen LogP contribution in [0, 0.1) is 0 Å². The van der Waals surface area contributed by atoms with Crippen molar-refractivity contribution in [2.45, 2.75) is 75.0 Å². The minimum absolute atomic E-state index is 0.0243. The average Bonchev–Trinajstić information content (AvgIpc) is 3.57. The molecular formula is C32H43N7O3S. The highest BCUT2D eigenvalue weighted by Gasteiger charge is 2.29. The number of nitrogens with two attached hydrogens (primary N) is 1. The Hall–Kier alpha value is -3.67. The van der Waals surface area contributed by atoms with E-state index in [2.05, 4.69) is 38.8 Å². The molecule has 1 unspecified atom stereocenters. The number of H-pyrrole nitrogens is 1. The molecule has 0 bridgehead atoms. The summed E-state index contributed by atoms with van der Waals surface area (Å²) in [7, 11) is 1.84. The molecule has 5 N–H and O–H groups in total. The van der Waals surface area contributed by atoms with Gasteiger partial charge in [-0.25, -0.2) is 0 Å². The number of nitrogens with one attached hydrogen (secondary N) is 3. The number of carbonyl (C=O) groups is 2. The summed E-state index contributed by atoms with van der Waals surface area (Å²) in [6, 6.07) is 17.4. The summed E-state index contributed by atoms with van der Waals surface area (Å²) in [4.78, 5) is 29.5. The van der Waals surface area contributed by atoms with Crippen LogP contribution < -0.4 is 16.4 Å². The van der Waals surface area contributed by atoms with Gasteiger partial charge in [0.2, 0.25) is 11.8 Å². The van der Waals surface area contributed by atoms with E-state index in [1.54, 1.807) is 13.8 Å². The van der Waals surface area contributed by atoms with Crippen LogP contribution in [0.3, 0.4) is 0 Å². The molecular weight excluding hydrogens is 562 g/mol. The van der Waals surface area contributed by atoms with Crippen molar-refractivity contribution >= 4 is 34.5 Å². The van der Waals surface area contributed by atoms with Gasteiger partial charge < -0.3 is 30.7 Å². The number of aromatic nitrogens is 4. The van der Waals surface area contributed by atoms with Gasteiger partial charge in [-0.3, -0.25) is 9.59 Å². The lowest BCUT2D eigenvalue weighted by atomic mass is 10.1. The van der Waals surface area contributed by atoms with E-state index in [0.717, 1.165) is 30.3 Å². The SMILES string of the molecule is CCCCC(Sc1nnc([C@@H](COCc2ccccc2)NC(=O)C(C)(C)N)n1C)C(=O)NCCc1c[nH]c2ccccc12. The number of unbranched alkanes of at least 4 members (excludes halogenated alkanes) is 1. The molecule has 4 rings (SSSR count). The van der Waals surface area contributed by atoms with Crippen molar-refractivity contribution in [3.05, 3.63) is 77.7 Å². The molecule has 0 fully saturated rings. The first-order chi connectivity index (χ1) is 20.7. The maximum absolute atomic E-state index is 13.3. The predicted octanol–water partition coefficient (Wildman–Crippen LogP) is 4.42. The molecule has 0 aliphatic heterocycles. The topological polar surface area (TPSA) is 140 Å². The molecule has 0 saturated carbocycles. The van der Waals surface area contributed by atoms with Crippen LogP contribution in [0.25, 0.3) is 10.9 Å². The Balaban J connectivity index is 1.43. The molecule has 2 amide bonds. The molecule has 0 aliphatic carbocycles. The second kappa shape index (κ2) is 15.2. The minimum Gasteiger partial charge on any atom is -0.374 e. The first-order valence-corrected chi connectivity index (χ1v) is 15.7. The lowest BCUT2D eigenvalue weighted by molar-refractivity contribution is -0.126. The van der Waals surface area contributed by atoms with Crippen LogP contribution in [-0.2, 0) is 34.4 Å². The number of carbonyl (C=O) groups excluding carboxylic acids is 2. The quantitative estimate of drug-likeness (QED) is 0.139. The van der Waals surface area contributed by atoms with E-state index in [4.69, 9.17) is 10.5 Å². The first kappa shape index (κ1) is 32.2. The third-order valence-corrected chi connectivity index (χ3v) is 8.50. The van der Waals surface area contributed by atoms with E-state index in [9.17, 15) is 9.59 Å². The second-order valence-electron chi connectivity index (χ2n) is 11.3. The van der Waals surface area contributed by atoms with E-state index >= 15 is 0 Å². The number of hydrogen-bond acceptors (Lipinski definition) is 7. The van der Waals surface area contributed by atoms with Crippen LogP contribution in [0.1, 0.15) is 63.0 Å². The summed E-state index contributed by atoms with van der Waals surface area (Å²) in [5.41, 5.74) is 8.28. The van der Waals surface area contributed by atoms with Crippen LogP contribution in [0.15, 0.2) is 66.0 Å². The van der Waals surface area contributed by atoms with Crippen LogP contribution in [0.5, 0.6) is 0 Å². The van der Waals surface area contributed by atoms with Crippen molar-refractivity contribution in [1.29, 1.82) is 0 Å². The Morgan fingerprint density at radius 3 is 2.60 bits per heavy atom. The third-order valence-electron chi connectivity index (χ3n) is 7.20. The lowest BCUT2D eigenvalue weighted by Gasteiger charge is -2.24. The smallest absolute Gasteiger partial charge is 0.240 e. The second-order valence-corrected chi connectivity index (χ2v) is 12.5. The molecule has 11 heteroatoms. The molecule has 2 heterocycles. The summed E-state index contributed by atoms with van der Waals surface area (Å²) < 4.78 is 7.80. The number of amides is 2. The largest absolute Gasteiger partial charge is 0.374 e. The average molecular weight is 606 g/mol. The number of fused-ring (bicyclic) bond motifs is 1. The molecule has 2 aromatic carbocycles. The zero-order valence-electron chi connectivity index (χ0n) is 25.4. The highest BCUT2D eigenvalue weighted by Crippen LogP contribution is 2.27. The zero-order chi connectivity index (χ0) is 30.8. The Morgan fingerprint density at radius 2 is 1.86 bits per heavy atom. The van der Waals surface area contributed by atoms with Gasteiger partial charge in [-0.1, -0.05) is 80.1 Å². The van der Waals surface area contributed by atoms with E-state index in [1.807, 2.05) is 66.3 Å². The summed E-state index contributed by atoms with van der Waals surface area (Å²) in [5, 5.41) is 16.4. The normalized spacial score (nSPS) is 13.1. The maximum Gasteiger partial charge on any atom is 0.240 e. The Bertz CT molecular complexity index is 1480. The number of nitrogens with zero attached hydrogens (tertiary/aromatic N) is 3. The van der Waals surface area contributed by atoms with Crippen LogP contribution in [0.4, 0.5) is 0 Å². The number of aromatic amines is 1. The van der Waals surface area contributed by atoms with Crippen LogP contribution >= 0.6 is 11.8 Å². The fourth-order valence-corrected chi connectivity index (χ4v) is 5.73. The van der Waals surface area contributed by atoms with Gasteiger partial charge in [0.05, 0.1) is 24.0 Å². The van der Waals surface area contributed by atoms with Gasteiger partial charge in [-0.2, -0.15) is 0 Å². The summed E-state index contributed by atoms with van der Waals surface area (Å²) in [6.07, 6.45) is 5.34. The summed E-state index contributed by atoms with van der Waals surface area (Å²) in [5.74, 6) is 0.180. The molecule has 0 spiro atoms. The predicted molar refractivity (Wildman–Crippen MR) is 170 cm³/mol. The van der Waals surface area contributed by atoms with Crippen molar-refractivity contribution in [3.8, 4) is 0 Å². The van der Waals surface area contributed by atoms with Gasteiger partial charge >= 0.3 is 0 Å². The summed E-state index contributed by atoms with van der Waals surface area (Å²) in [6.45, 7) is 6.51.